The van der Waals surface area contributed by atoms with Crippen molar-refractivity contribution < 1.29 is 19.1 Å². The Bertz CT molecular complexity index is 854. The Hall–Kier alpha value is -3.35. The molecule has 146 valence electrons. The zero-order valence-corrected chi connectivity index (χ0v) is 15.7. The van der Waals surface area contributed by atoms with Crippen LogP contribution in [0.15, 0.2) is 54.6 Å². The molecule has 3 rings (SSSR count). The van der Waals surface area contributed by atoms with Crippen molar-refractivity contribution in [3.05, 3.63) is 60.2 Å². The molecular formula is C21H23N3O4. The van der Waals surface area contributed by atoms with Crippen LogP contribution in [0.25, 0.3) is 0 Å². The predicted octanol–water partition coefficient (Wildman–Crippen LogP) is 2.58. The van der Waals surface area contributed by atoms with E-state index in [9.17, 15) is 14.4 Å². The summed E-state index contributed by atoms with van der Waals surface area (Å²) >= 11 is 0. The van der Waals surface area contributed by atoms with Crippen LogP contribution in [0.5, 0.6) is 5.75 Å². The molecule has 0 radical (unpaired) electrons. The van der Waals surface area contributed by atoms with Gasteiger partial charge in [0.25, 0.3) is 5.91 Å². The first-order valence-electron chi connectivity index (χ1n) is 9.17. The molecule has 0 aliphatic carbocycles. The third-order valence-electron chi connectivity index (χ3n) is 4.62. The highest BCUT2D eigenvalue weighted by molar-refractivity contribution is 6.04. The van der Waals surface area contributed by atoms with Gasteiger partial charge in [0.2, 0.25) is 5.91 Å². The molecule has 0 spiro atoms. The van der Waals surface area contributed by atoms with Gasteiger partial charge < -0.3 is 15.4 Å². The first-order chi connectivity index (χ1) is 13.6. The minimum absolute atomic E-state index is 0.112. The Morgan fingerprint density at radius 3 is 2.57 bits per heavy atom. The fraction of sp³-hybridized carbons (Fsp3) is 0.286. The fourth-order valence-electron chi connectivity index (χ4n) is 3.11. The molecule has 1 aliphatic rings. The Labute approximate surface area is 163 Å². The number of nitrogens with one attached hydrogen (secondary N) is 2. The molecule has 2 aromatic rings. The van der Waals surface area contributed by atoms with E-state index in [2.05, 4.69) is 10.6 Å². The van der Waals surface area contributed by atoms with E-state index in [0.717, 1.165) is 5.56 Å². The number of urea groups is 1. The van der Waals surface area contributed by atoms with Gasteiger partial charge in [0.1, 0.15) is 11.8 Å². The molecule has 1 heterocycles. The van der Waals surface area contributed by atoms with Crippen molar-refractivity contribution in [2.45, 2.75) is 25.3 Å². The minimum Gasteiger partial charge on any atom is -0.495 e. The predicted molar refractivity (Wildman–Crippen MR) is 105 cm³/mol. The smallest absolute Gasteiger partial charge is 0.324 e. The maximum atomic E-state index is 12.5. The molecule has 0 unspecified atom stereocenters. The van der Waals surface area contributed by atoms with Crippen LogP contribution < -0.4 is 15.4 Å². The zero-order valence-electron chi connectivity index (χ0n) is 15.7. The average molecular weight is 381 g/mol. The lowest BCUT2D eigenvalue weighted by atomic mass is 10.1. The molecule has 1 fully saturated rings. The molecule has 0 bridgehead atoms. The van der Waals surface area contributed by atoms with Crippen LogP contribution in [0.2, 0.25) is 0 Å². The first kappa shape index (κ1) is 19.4. The summed E-state index contributed by atoms with van der Waals surface area (Å²) in [6.45, 7) is 0.318. The van der Waals surface area contributed by atoms with Gasteiger partial charge in [0.05, 0.1) is 12.8 Å². The lowest BCUT2D eigenvalue weighted by Crippen LogP contribution is -2.33. The van der Waals surface area contributed by atoms with Crippen LogP contribution in [-0.4, -0.2) is 42.4 Å². The fourth-order valence-corrected chi connectivity index (χ4v) is 3.11. The van der Waals surface area contributed by atoms with Gasteiger partial charge >= 0.3 is 6.03 Å². The number of ether oxygens (including phenoxy) is 1. The standard InChI is InChI=1S/C21H23N3O4/c1-28-18-10-6-5-9-16(18)22-19(25)12-11-17-20(26)24(21(27)23-17)14-13-15-7-3-2-4-8-15/h2-10,17H,11-14H2,1H3,(H,22,25)(H,23,27)/t17-/m0/s1. The van der Waals surface area contributed by atoms with Crippen molar-refractivity contribution in [2.75, 3.05) is 19.0 Å². The Balaban J connectivity index is 1.50. The number of anilines is 1. The number of para-hydroxylation sites is 2. The largest absolute Gasteiger partial charge is 0.495 e. The Kier molecular flexibility index (Phi) is 6.26. The Morgan fingerprint density at radius 2 is 1.82 bits per heavy atom. The van der Waals surface area contributed by atoms with Crippen LogP contribution in [0.3, 0.4) is 0 Å². The van der Waals surface area contributed by atoms with Gasteiger partial charge in [-0.05, 0) is 30.5 Å². The molecule has 0 aromatic heterocycles. The van der Waals surface area contributed by atoms with E-state index >= 15 is 0 Å². The average Bonchev–Trinajstić information content (AvgIpc) is 2.99. The van der Waals surface area contributed by atoms with Crippen LogP contribution in [0.1, 0.15) is 18.4 Å². The van der Waals surface area contributed by atoms with E-state index in [4.69, 9.17) is 4.74 Å². The van der Waals surface area contributed by atoms with Crippen LogP contribution in [-0.2, 0) is 16.0 Å². The second-order valence-corrected chi connectivity index (χ2v) is 6.51. The number of amides is 4. The summed E-state index contributed by atoms with van der Waals surface area (Å²) in [7, 11) is 1.53. The van der Waals surface area contributed by atoms with Crippen LogP contribution in [0, 0.1) is 0 Å². The van der Waals surface area contributed by atoms with E-state index in [1.54, 1.807) is 18.2 Å². The van der Waals surface area contributed by atoms with Gasteiger partial charge in [-0.25, -0.2) is 4.79 Å². The number of methoxy groups -OCH3 is 1. The minimum atomic E-state index is -0.674. The van der Waals surface area contributed by atoms with Crippen molar-refractivity contribution in [1.29, 1.82) is 0 Å². The van der Waals surface area contributed by atoms with Crippen molar-refractivity contribution in [2.24, 2.45) is 0 Å². The number of nitrogens with zero attached hydrogens (tertiary/aromatic N) is 1. The zero-order chi connectivity index (χ0) is 19.9. The summed E-state index contributed by atoms with van der Waals surface area (Å²) in [4.78, 5) is 38.0. The van der Waals surface area contributed by atoms with Gasteiger partial charge in [-0.3, -0.25) is 14.5 Å². The highest BCUT2D eigenvalue weighted by Crippen LogP contribution is 2.23. The maximum absolute atomic E-state index is 12.5. The van der Waals surface area contributed by atoms with Crippen molar-refractivity contribution in [3.8, 4) is 5.75 Å². The van der Waals surface area contributed by atoms with Gasteiger partial charge in [0.15, 0.2) is 0 Å². The van der Waals surface area contributed by atoms with Crippen molar-refractivity contribution in [3.63, 3.8) is 0 Å². The topological polar surface area (TPSA) is 87.7 Å². The normalized spacial score (nSPS) is 16.0. The van der Waals surface area contributed by atoms with Crippen molar-refractivity contribution in [1.82, 2.24) is 10.2 Å². The van der Waals surface area contributed by atoms with Crippen molar-refractivity contribution >= 4 is 23.5 Å². The lowest BCUT2D eigenvalue weighted by molar-refractivity contribution is -0.127. The summed E-state index contributed by atoms with van der Waals surface area (Å²) < 4.78 is 5.20. The van der Waals surface area contributed by atoms with E-state index in [1.807, 2.05) is 36.4 Å². The number of rotatable bonds is 8. The number of carbonyl (C=O) groups excluding carboxylic acids is 3. The van der Waals surface area contributed by atoms with E-state index in [1.165, 1.54) is 12.0 Å². The molecule has 1 aliphatic heterocycles. The maximum Gasteiger partial charge on any atom is 0.324 e. The molecule has 1 saturated heterocycles. The lowest BCUT2D eigenvalue weighted by Gasteiger charge is -2.13. The molecule has 2 aromatic carbocycles. The third-order valence-corrected chi connectivity index (χ3v) is 4.62. The van der Waals surface area contributed by atoms with E-state index < -0.39 is 12.1 Å². The molecule has 28 heavy (non-hydrogen) atoms. The number of hydrogen-bond donors (Lipinski definition) is 2. The summed E-state index contributed by atoms with van der Waals surface area (Å²) in [6, 6.07) is 15.7. The second-order valence-electron chi connectivity index (χ2n) is 6.51. The second kappa shape index (κ2) is 9.03. The summed E-state index contributed by atoms with van der Waals surface area (Å²) in [6.07, 6.45) is 0.954. The molecule has 7 heteroatoms. The highest BCUT2D eigenvalue weighted by atomic mass is 16.5. The molecule has 1 atom stereocenters. The summed E-state index contributed by atoms with van der Waals surface area (Å²) in [5.41, 5.74) is 1.63. The third kappa shape index (κ3) is 4.68. The quantitative estimate of drug-likeness (QED) is 0.688. The SMILES string of the molecule is COc1ccccc1NC(=O)CC[C@@H]1NC(=O)N(CCc2ccccc2)C1=O. The van der Waals surface area contributed by atoms with Crippen LogP contribution in [0.4, 0.5) is 10.5 Å². The van der Waals surface area contributed by atoms with E-state index in [0.29, 0.717) is 24.4 Å². The van der Waals surface area contributed by atoms with Gasteiger partial charge in [-0.15, -0.1) is 0 Å². The first-order valence-corrected chi connectivity index (χ1v) is 9.17. The summed E-state index contributed by atoms with van der Waals surface area (Å²) in [5.74, 6) is 0.0356. The molecule has 2 N–H and O–H groups in total. The number of carbonyl (C=O) groups is 3. The Morgan fingerprint density at radius 1 is 1.11 bits per heavy atom. The van der Waals surface area contributed by atoms with Gasteiger partial charge in [0, 0.05) is 13.0 Å². The number of imide groups is 1. The number of hydrogen-bond acceptors (Lipinski definition) is 4. The number of benzene rings is 2. The molecule has 4 amide bonds. The molecule has 0 saturated carbocycles. The summed E-state index contributed by atoms with van der Waals surface area (Å²) in [5, 5.41) is 5.43. The van der Waals surface area contributed by atoms with Gasteiger partial charge in [-0.2, -0.15) is 0 Å². The van der Waals surface area contributed by atoms with E-state index in [-0.39, 0.29) is 24.7 Å². The van der Waals surface area contributed by atoms with Crippen LogP contribution >= 0.6 is 0 Å². The molecular weight excluding hydrogens is 358 g/mol. The van der Waals surface area contributed by atoms with Gasteiger partial charge in [-0.1, -0.05) is 42.5 Å². The highest BCUT2D eigenvalue weighted by Gasteiger charge is 2.37. The monoisotopic (exact) mass is 381 g/mol. The molecule has 7 nitrogen and oxygen atoms in total.